The van der Waals surface area contributed by atoms with Crippen molar-refractivity contribution < 1.29 is 24.2 Å². The molecule has 0 aliphatic heterocycles. The fourth-order valence-corrected chi connectivity index (χ4v) is 7.90. The summed E-state index contributed by atoms with van der Waals surface area (Å²) in [6.07, 6.45) is 19.6. The number of hydrogen-bond acceptors (Lipinski definition) is 9. The van der Waals surface area contributed by atoms with E-state index in [2.05, 4.69) is 55.7 Å². The summed E-state index contributed by atoms with van der Waals surface area (Å²) in [6, 6.07) is 22.6. The van der Waals surface area contributed by atoms with E-state index in [0.29, 0.717) is 19.4 Å². The van der Waals surface area contributed by atoms with Gasteiger partial charge < -0.3 is 46.1 Å². The summed E-state index contributed by atoms with van der Waals surface area (Å²) in [7, 11) is 3.45. The Bertz CT molecular complexity index is 1610. The van der Waals surface area contributed by atoms with Crippen molar-refractivity contribution in [1.82, 2.24) is 31.5 Å². The molecule has 0 spiro atoms. The second-order valence-corrected chi connectivity index (χ2v) is 16.9. The van der Waals surface area contributed by atoms with Crippen LogP contribution in [-0.4, -0.2) is 94.4 Å². The topological polar surface area (TPSA) is 136 Å². The molecule has 2 amide bonds. The van der Waals surface area contributed by atoms with E-state index in [1.165, 1.54) is 94.6 Å². The molecule has 0 unspecified atom stereocenters. The first kappa shape index (κ1) is 53.2. The number of unbranched alkanes of at least 4 members (excludes halogenated alkanes) is 11. The van der Waals surface area contributed by atoms with Crippen LogP contribution in [-0.2, 0) is 29.1 Å². The molecule has 3 rings (SSSR count). The number of benzene rings is 3. The SMILES string of the molecule is CCCC(=O)N[C@@H](Cc1ccc(O)cc1)C(=O)NCCCN(CCCCCCCCNCCCCCCNCc1ccccc1OC)CCCCCCNCc1ccccc1OC. The first-order valence-corrected chi connectivity index (χ1v) is 24.4. The average Bonchev–Trinajstić information content (AvgIpc) is 3.30. The van der Waals surface area contributed by atoms with Gasteiger partial charge in [-0.15, -0.1) is 0 Å². The van der Waals surface area contributed by atoms with Gasteiger partial charge in [-0.05, 0) is 127 Å². The summed E-state index contributed by atoms with van der Waals surface area (Å²) >= 11 is 0. The number of nitrogens with zero attached hydrogens (tertiary/aromatic N) is 1. The summed E-state index contributed by atoms with van der Waals surface area (Å²) < 4.78 is 10.9. The minimum Gasteiger partial charge on any atom is -0.508 e. The predicted molar refractivity (Wildman–Crippen MR) is 260 cm³/mol. The minimum absolute atomic E-state index is 0.116. The Balaban J connectivity index is 1.28. The third-order valence-corrected chi connectivity index (χ3v) is 11.6. The Morgan fingerprint density at radius 2 is 1.03 bits per heavy atom. The largest absolute Gasteiger partial charge is 0.508 e. The summed E-state index contributed by atoms with van der Waals surface area (Å²) in [6.45, 7) is 11.6. The smallest absolute Gasteiger partial charge is 0.242 e. The maximum atomic E-state index is 13.3. The van der Waals surface area contributed by atoms with Gasteiger partial charge in [-0.3, -0.25) is 9.59 Å². The number of amides is 2. The molecule has 11 nitrogen and oxygen atoms in total. The molecule has 3 aromatic carbocycles. The van der Waals surface area contributed by atoms with Crippen molar-refractivity contribution in [1.29, 1.82) is 0 Å². The molecule has 0 aromatic heterocycles. The van der Waals surface area contributed by atoms with Crippen LogP contribution in [0.4, 0.5) is 0 Å². The third-order valence-electron chi connectivity index (χ3n) is 11.6. The Morgan fingerprint density at radius 1 is 0.571 bits per heavy atom. The van der Waals surface area contributed by atoms with Gasteiger partial charge in [0.15, 0.2) is 0 Å². The van der Waals surface area contributed by atoms with Crippen LogP contribution in [0, 0.1) is 0 Å². The lowest BCUT2D eigenvalue weighted by molar-refractivity contribution is -0.129. The molecule has 11 heteroatoms. The summed E-state index contributed by atoms with van der Waals surface area (Å²) in [5, 5.41) is 26.5. The van der Waals surface area contributed by atoms with Crippen LogP contribution >= 0.6 is 0 Å². The Labute approximate surface area is 381 Å². The maximum absolute atomic E-state index is 13.3. The maximum Gasteiger partial charge on any atom is 0.242 e. The highest BCUT2D eigenvalue weighted by Crippen LogP contribution is 2.18. The van der Waals surface area contributed by atoms with E-state index in [1.807, 2.05) is 31.2 Å². The van der Waals surface area contributed by atoms with E-state index >= 15 is 0 Å². The predicted octanol–water partition coefficient (Wildman–Crippen LogP) is 8.68. The fraction of sp³-hybridized carbons (Fsp3) is 0.615. The van der Waals surface area contributed by atoms with E-state index in [-0.39, 0.29) is 17.6 Å². The summed E-state index contributed by atoms with van der Waals surface area (Å²) in [5.74, 6) is 1.79. The van der Waals surface area contributed by atoms with Gasteiger partial charge in [0, 0.05) is 43.6 Å². The third kappa shape index (κ3) is 25.1. The van der Waals surface area contributed by atoms with Gasteiger partial charge in [0.1, 0.15) is 23.3 Å². The van der Waals surface area contributed by atoms with Gasteiger partial charge in [0.05, 0.1) is 14.2 Å². The van der Waals surface area contributed by atoms with E-state index in [4.69, 9.17) is 9.47 Å². The highest BCUT2D eigenvalue weighted by atomic mass is 16.5. The van der Waals surface area contributed by atoms with Gasteiger partial charge in [-0.1, -0.05) is 107 Å². The van der Waals surface area contributed by atoms with Crippen molar-refractivity contribution in [3.63, 3.8) is 0 Å². The second kappa shape index (κ2) is 35.2. The molecule has 0 saturated heterocycles. The summed E-state index contributed by atoms with van der Waals surface area (Å²) in [4.78, 5) is 28.4. The zero-order valence-electron chi connectivity index (χ0n) is 39.3. The monoisotopic (exact) mass is 873 g/mol. The van der Waals surface area contributed by atoms with E-state index < -0.39 is 6.04 Å². The van der Waals surface area contributed by atoms with E-state index in [1.54, 1.807) is 38.5 Å². The lowest BCUT2D eigenvalue weighted by Crippen LogP contribution is -2.48. The number of ether oxygens (including phenoxy) is 2. The van der Waals surface area contributed by atoms with Crippen molar-refractivity contribution in [2.24, 2.45) is 0 Å². The van der Waals surface area contributed by atoms with Crippen molar-refractivity contribution >= 4 is 11.8 Å². The van der Waals surface area contributed by atoms with Crippen LogP contribution in [0.15, 0.2) is 72.8 Å². The molecule has 3 aromatic rings. The summed E-state index contributed by atoms with van der Waals surface area (Å²) in [5.41, 5.74) is 3.30. The number of phenolic OH excluding ortho intramolecular Hbond substituents is 1. The number of para-hydroxylation sites is 2. The van der Waals surface area contributed by atoms with Crippen LogP contribution in [0.5, 0.6) is 17.2 Å². The van der Waals surface area contributed by atoms with Crippen LogP contribution in [0.3, 0.4) is 0 Å². The van der Waals surface area contributed by atoms with Gasteiger partial charge >= 0.3 is 0 Å². The van der Waals surface area contributed by atoms with Gasteiger partial charge in [0.25, 0.3) is 0 Å². The Hall–Kier alpha value is -4.16. The van der Waals surface area contributed by atoms with Crippen molar-refractivity contribution in [2.45, 2.75) is 142 Å². The van der Waals surface area contributed by atoms with Crippen LogP contribution in [0.2, 0.25) is 0 Å². The Kier molecular flexibility index (Phi) is 29.7. The van der Waals surface area contributed by atoms with Crippen LogP contribution in [0.1, 0.15) is 133 Å². The van der Waals surface area contributed by atoms with Crippen molar-refractivity contribution in [2.75, 3.05) is 66.6 Å². The number of phenols is 1. The number of aromatic hydroxyl groups is 1. The number of methoxy groups -OCH3 is 2. The fourth-order valence-electron chi connectivity index (χ4n) is 7.90. The number of carbonyl (C=O) groups excluding carboxylic acids is 2. The molecule has 6 N–H and O–H groups in total. The minimum atomic E-state index is -0.648. The molecule has 0 aliphatic carbocycles. The van der Waals surface area contributed by atoms with E-state index in [0.717, 1.165) is 95.2 Å². The molecular weight excluding hydrogens is 789 g/mol. The molecule has 0 bridgehead atoms. The molecule has 0 saturated carbocycles. The number of hydrogen-bond donors (Lipinski definition) is 6. The molecule has 0 heterocycles. The normalized spacial score (nSPS) is 11.7. The average molecular weight is 873 g/mol. The van der Waals surface area contributed by atoms with Crippen molar-refractivity contribution in [3.8, 4) is 17.2 Å². The number of rotatable bonds is 39. The van der Waals surface area contributed by atoms with Gasteiger partial charge in [-0.25, -0.2) is 0 Å². The molecule has 0 fully saturated rings. The van der Waals surface area contributed by atoms with E-state index in [9.17, 15) is 14.7 Å². The first-order chi connectivity index (χ1) is 30.9. The lowest BCUT2D eigenvalue weighted by Gasteiger charge is -2.23. The van der Waals surface area contributed by atoms with Crippen LogP contribution < -0.4 is 36.1 Å². The van der Waals surface area contributed by atoms with Gasteiger partial charge in [0.2, 0.25) is 11.8 Å². The highest BCUT2D eigenvalue weighted by molar-refractivity contribution is 5.87. The first-order valence-electron chi connectivity index (χ1n) is 24.4. The highest BCUT2D eigenvalue weighted by Gasteiger charge is 2.21. The number of nitrogens with one attached hydrogen (secondary N) is 5. The quantitative estimate of drug-likeness (QED) is 0.0312. The molecule has 1 atom stereocenters. The van der Waals surface area contributed by atoms with Crippen molar-refractivity contribution in [3.05, 3.63) is 89.5 Å². The zero-order chi connectivity index (χ0) is 45.0. The number of carbonyl (C=O) groups is 2. The Morgan fingerprint density at radius 3 is 1.54 bits per heavy atom. The molecule has 352 valence electrons. The molecule has 0 radical (unpaired) electrons. The molecule has 0 aliphatic rings. The van der Waals surface area contributed by atoms with Crippen LogP contribution in [0.25, 0.3) is 0 Å². The zero-order valence-corrected chi connectivity index (χ0v) is 39.3. The van der Waals surface area contributed by atoms with Gasteiger partial charge in [-0.2, -0.15) is 0 Å². The second-order valence-electron chi connectivity index (χ2n) is 16.9. The molecular formula is C52H84N6O5. The lowest BCUT2D eigenvalue weighted by atomic mass is 10.0. The standard InChI is InChI=1S/C52H84N6O5/c1-4-24-51(60)57-48(41-44-29-31-47(59)32-30-44)52(61)56-37-23-40-58(39-22-12-10-20-36-55-43-46-26-14-16-28-50(46)63-3)38-21-11-6-5-7-17-33-53-34-18-8-9-19-35-54-42-45-25-13-15-27-49(45)62-2/h13-16,25-32,48,53-55,59H,4-12,17-24,33-43H2,1-3H3,(H,56,61)(H,57,60)/t48-/m0/s1. The molecule has 63 heavy (non-hydrogen) atoms.